The number of amides is 2. The Morgan fingerprint density at radius 3 is 2.62 bits per heavy atom. The van der Waals surface area contributed by atoms with Crippen molar-refractivity contribution in [2.75, 3.05) is 16.3 Å². The zero-order valence-electron chi connectivity index (χ0n) is 18.3. The minimum Gasteiger partial charge on any atom is -0.450 e. The highest BCUT2D eigenvalue weighted by Crippen LogP contribution is 2.53. The molecule has 2 aromatic carbocycles. The zero-order valence-corrected chi connectivity index (χ0v) is 18.3. The number of halogens is 1. The van der Waals surface area contributed by atoms with E-state index in [2.05, 4.69) is 4.98 Å². The minimum absolute atomic E-state index is 0.0368. The highest BCUT2D eigenvalue weighted by Gasteiger charge is 2.65. The van der Waals surface area contributed by atoms with E-state index >= 15 is 0 Å². The summed E-state index contributed by atoms with van der Waals surface area (Å²) in [6.45, 7) is 3.98. The number of pyridine rings is 1. The number of carbonyl (C=O) groups excluding carboxylic acids is 2. The number of nitrogens with zero attached hydrogens (tertiary/aromatic N) is 3. The van der Waals surface area contributed by atoms with Crippen LogP contribution >= 0.6 is 0 Å². The van der Waals surface area contributed by atoms with Gasteiger partial charge in [0.1, 0.15) is 17.2 Å². The molecule has 2 aliphatic rings. The van der Waals surface area contributed by atoms with Crippen LogP contribution in [-0.4, -0.2) is 23.3 Å². The van der Waals surface area contributed by atoms with Gasteiger partial charge < -0.3 is 9.32 Å². The van der Waals surface area contributed by atoms with Crippen LogP contribution in [0.4, 0.5) is 15.9 Å². The van der Waals surface area contributed by atoms with E-state index in [0.29, 0.717) is 17.8 Å². The van der Waals surface area contributed by atoms with Crippen LogP contribution in [0.25, 0.3) is 11.0 Å². The number of hydrogen-bond acceptors (Lipinski definition) is 5. The molecule has 0 saturated carbocycles. The summed E-state index contributed by atoms with van der Waals surface area (Å²) in [7, 11) is 0. The van der Waals surface area contributed by atoms with Crippen LogP contribution in [0.1, 0.15) is 34.2 Å². The minimum atomic E-state index is -1.82. The van der Waals surface area contributed by atoms with E-state index < -0.39 is 28.6 Å². The average molecular weight is 455 g/mol. The highest BCUT2D eigenvalue weighted by atomic mass is 19.1. The van der Waals surface area contributed by atoms with E-state index in [1.807, 2.05) is 13.8 Å². The molecule has 0 radical (unpaired) electrons. The number of carbonyl (C=O) groups is 2. The molecule has 0 N–H and O–H groups in total. The molecule has 1 unspecified atom stereocenters. The second kappa shape index (κ2) is 6.84. The Bertz CT molecular complexity index is 1610. The summed E-state index contributed by atoms with van der Waals surface area (Å²) in [6, 6.07) is 14.0. The molecule has 4 aromatic rings. The standard InChI is InChI=1S/C26H18FN3O4/c1-3-29-18-7-5-4-6-17(18)26(25(29)33)21-22(31)16-13-15(27)8-9-19(16)34-23(21)24(32)30(26)20-12-14(2)10-11-28-20/h4-13H,3H2,1-2H3. The van der Waals surface area contributed by atoms with Crippen LogP contribution in [0, 0.1) is 12.7 Å². The molecule has 4 heterocycles. The van der Waals surface area contributed by atoms with Crippen molar-refractivity contribution in [1.29, 1.82) is 0 Å². The monoisotopic (exact) mass is 455 g/mol. The van der Waals surface area contributed by atoms with Gasteiger partial charge in [-0.3, -0.25) is 19.3 Å². The Morgan fingerprint density at radius 1 is 1.06 bits per heavy atom. The van der Waals surface area contributed by atoms with E-state index in [-0.39, 0.29) is 28.1 Å². The Labute approximate surface area is 193 Å². The summed E-state index contributed by atoms with van der Waals surface area (Å²) < 4.78 is 20.0. The molecule has 1 spiro atoms. The van der Waals surface area contributed by atoms with Crippen molar-refractivity contribution in [2.45, 2.75) is 19.4 Å². The summed E-state index contributed by atoms with van der Waals surface area (Å²) in [6.07, 6.45) is 1.54. The van der Waals surface area contributed by atoms with Gasteiger partial charge in [-0.25, -0.2) is 9.37 Å². The summed E-state index contributed by atoms with van der Waals surface area (Å²) in [5, 5.41) is -0.0368. The highest BCUT2D eigenvalue weighted by molar-refractivity contribution is 6.24. The number of benzene rings is 2. The van der Waals surface area contributed by atoms with Crippen molar-refractivity contribution in [2.24, 2.45) is 0 Å². The molecule has 0 bridgehead atoms. The van der Waals surface area contributed by atoms with Crippen LogP contribution in [-0.2, 0) is 10.3 Å². The predicted molar refractivity (Wildman–Crippen MR) is 123 cm³/mol. The zero-order chi connectivity index (χ0) is 23.8. The molecule has 2 aliphatic heterocycles. The van der Waals surface area contributed by atoms with Crippen molar-refractivity contribution in [1.82, 2.24) is 4.98 Å². The first-order valence-electron chi connectivity index (χ1n) is 10.8. The summed E-state index contributed by atoms with van der Waals surface area (Å²) in [5.41, 5.74) is -0.610. The molecule has 6 rings (SSSR count). The number of likely N-dealkylation sites (N-methyl/N-ethyl adjacent to an activating group) is 1. The van der Waals surface area contributed by atoms with Crippen molar-refractivity contribution in [3.8, 4) is 0 Å². The maximum absolute atomic E-state index is 14.2. The number of rotatable bonds is 2. The predicted octanol–water partition coefficient (Wildman–Crippen LogP) is 3.91. The normalized spacial score (nSPS) is 18.8. The molecular formula is C26H18FN3O4. The van der Waals surface area contributed by atoms with E-state index in [1.54, 1.807) is 42.6 Å². The first-order chi connectivity index (χ1) is 16.4. The third kappa shape index (κ3) is 2.34. The molecule has 0 aliphatic carbocycles. The molecule has 0 saturated heterocycles. The third-order valence-electron chi connectivity index (χ3n) is 6.53. The lowest BCUT2D eigenvalue weighted by molar-refractivity contribution is -0.121. The Morgan fingerprint density at radius 2 is 1.85 bits per heavy atom. The van der Waals surface area contributed by atoms with E-state index in [4.69, 9.17) is 4.42 Å². The molecule has 1 atom stereocenters. The van der Waals surface area contributed by atoms with Gasteiger partial charge in [-0.2, -0.15) is 0 Å². The second-order valence-electron chi connectivity index (χ2n) is 8.38. The lowest BCUT2D eigenvalue weighted by atomic mass is 9.84. The second-order valence-corrected chi connectivity index (χ2v) is 8.38. The number of hydrogen-bond donors (Lipinski definition) is 0. The van der Waals surface area contributed by atoms with Crippen molar-refractivity contribution in [3.05, 3.63) is 99.3 Å². The topological polar surface area (TPSA) is 83.7 Å². The fourth-order valence-corrected chi connectivity index (χ4v) is 5.14. The first kappa shape index (κ1) is 20.3. The van der Waals surface area contributed by atoms with Gasteiger partial charge in [-0.15, -0.1) is 0 Å². The van der Waals surface area contributed by atoms with Gasteiger partial charge in [0.25, 0.3) is 11.8 Å². The van der Waals surface area contributed by atoms with E-state index in [9.17, 15) is 18.8 Å². The summed E-state index contributed by atoms with van der Waals surface area (Å²) >= 11 is 0. The Balaban J connectivity index is 1.81. The van der Waals surface area contributed by atoms with Gasteiger partial charge in [0.2, 0.25) is 5.76 Å². The first-order valence-corrected chi connectivity index (χ1v) is 10.8. The van der Waals surface area contributed by atoms with Crippen molar-refractivity contribution < 1.29 is 18.4 Å². The molecule has 168 valence electrons. The van der Waals surface area contributed by atoms with E-state index in [1.165, 1.54) is 15.9 Å². The molecule has 2 amide bonds. The van der Waals surface area contributed by atoms with Gasteiger partial charge in [-0.1, -0.05) is 18.2 Å². The Hall–Kier alpha value is -4.33. The van der Waals surface area contributed by atoms with Crippen molar-refractivity contribution >= 4 is 34.3 Å². The van der Waals surface area contributed by atoms with Gasteiger partial charge in [0, 0.05) is 18.3 Å². The molecule has 8 heteroatoms. The van der Waals surface area contributed by atoms with E-state index in [0.717, 1.165) is 17.7 Å². The Kier molecular flexibility index (Phi) is 4.08. The van der Waals surface area contributed by atoms with Gasteiger partial charge in [0.15, 0.2) is 11.0 Å². The molecule has 34 heavy (non-hydrogen) atoms. The molecule has 0 fully saturated rings. The van der Waals surface area contributed by atoms with Gasteiger partial charge in [-0.05, 0) is 55.8 Å². The number of para-hydroxylation sites is 1. The van der Waals surface area contributed by atoms with Crippen molar-refractivity contribution in [3.63, 3.8) is 0 Å². The van der Waals surface area contributed by atoms with Crippen LogP contribution in [0.2, 0.25) is 0 Å². The maximum Gasteiger partial charge on any atom is 0.297 e. The molecular weight excluding hydrogens is 437 g/mol. The number of aromatic nitrogens is 1. The lowest BCUT2D eigenvalue weighted by Gasteiger charge is -2.33. The fraction of sp³-hybridized carbons (Fsp3) is 0.154. The third-order valence-corrected chi connectivity index (χ3v) is 6.53. The summed E-state index contributed by atoms with van der Waals surface area (Å²) in [4.78, 5) is 49.1. The van der Waals surface area contributed by atoms with Gasteiger partial charge >= 0.3 is 0 Å². The number of aryl methyl sites for hydroxylation is 1. The average Bonchev–Trinajstić information content (AvgIpc) is 3.23. The number of anilines is 2. The van der Waals surface area contributed by atoms with Crippen LogP contribution < -0.4 is 15.2 Å². The summed E-state index contributed by atoms with van der Waals surface area (Å²) in [5.74, 6) is -1.77. The lowest BCUT2D eigenvalue weighted by Crippen LogP contribution is -2.54. The van der Waals surface area contributed by atoms with Crippen LogP contribution in [0.5, 0.6) is 0 Å². The quantitative estimate of drug-likeness (QED) is 0.458. The smallest absolute Gasteiger partial charge is 0.297 e. The SMILES string of the molecule is CCN1C(=O)C2(c3ccccc31)c1c(oc3ccc(F)cc3c1=O)C(=O)N2c1cc(C)ccn1. The molecule has 7 nitrogen and oxygen atoms in total. The molecule has 2 aromatic heterocycles. The fourth-order valence-electron chi connectivity index (χ4n) is 5.14. The van der Waals surface area contributed by atoms with Crippen LogP contribution in [0.3, 0.4) is 0 Å². The van der Waals surface area contributed by atoms with Crippen LogP contribution in [0.15, 0.2) is 70.0 Å². The van der Waals surface area contributed by atoms with Gasteiger partial charge in [0.05, 0.1) is 16.6 Å². The maximum atomic E-state index is 14.2. The largest absolute Gasteiger partial charge is 0.450 e. The number of fused-ring (bicyclic) bond motifs is 5.